The second-order valence-electron chi connectivity index (χ2n) is 4.12. The van der Waals surface area contributed by atoms with Crippen molar-refractivity contribution in [3.63, 3.8) is 0 Å². The van der Waals surface area contributed by atoms with Crippen LogP contribution in [0.5, 0.6) is 5.75 Å². The van der Waals surface area contributed by atoms with Gasteiger partial charge in [0.1, 0.15) is 5.56 Å². The zero-order chi connectivity index (χ0) is 15.8. The largest absolute Gasteiger partial charge is 0.424 e. The van der Waals surface area contributed by atoms with Crippen molar-refractivity contribution >= 4 is 22.6 Å². The summed E-state index contributed by atoms with van der Waals surface area (Å²) in [5, 5.41) is 10.3. The van der Waals surface area contributed by atoms with Gasteiger partial charge in [-0.2, -0.15) is 13.2 Å². The van der Waals surface area contributed by atoms with E-state index in [2.05, 4.69) is 4.98 Å². The van der Waals surface area contributed by atoms with E-state index in [1.54, 1.807) is 0 Å². The lowest BCUT2D eigenvalue weighted by Crippen LogP contribution is -2.11. The average molecular weight is 302 g/mol. The fourth-order valence-corrected chi connectivity index (χ4v) is 1.90. The molecule has 0 radical (unpaired) electrons. The predicted molar refractivity (Wildman–Crippen MR) is 65.9 cm³/mol. The number of carbonyl (C=O) groups is 1. The number of fused-ring (bicyclic) bond motifs is 1. The van der Waals surface area contributed by atoms with Crippen LogP contribution in [-0.4, -0.2) is 15.9 Å². The average Bonchev–Trinajstić information content (AvgIpc) is 2.79. The van der Waals surface area contributed by atoms with Gasteiger partial charge in [-0.3, -0.25) is 14.9 Å². The third kappa shape index (κ3) is 2.67. The molecule has 2 aromatic rings. The number of rotatable bonds is 3. The van der Waals surface area contributed by atoms with Crippen molar-refractivity contribution < 1.29 is 27.6 Å². The molecule has 0 bridgehead atoms. The summed E-state index contributed by atoms with van der Waals surface area (Å²) in [6.07, 6.45) is -3.93. The van der Waals surface area contributed by atoms with Crippen LogP contribution in [0.4, 0.5) is 18.9 Å². The molecule has 0 atom stereocenters. The van der Waals surface area contributed by atoms with Gasteiger partial charge in [-0.25, -0.2) is 0 Å². The van der Waals surface area contributed by atoms with Crippen LogP contribution in [0.3, 0.4) is 0 Å². The number of nitrogens with zero attached hydrogens (tertiary/aromatic N) is 1. The van der Waals surface area contributed by atoms with E-state index in [1.165, 1.54) is 6.92 Å². The highest BCUT2D eigenvalue weighted by molar-refractivity contribution is 5.94. The molecular formula is C12H9F3N2O4. The lowest BCUT2D eigenvalue weighted by Gasteiger charge is -2.10. The summed E-state index contributed by atoms with van der Waals surface area (Å²) < 4.78 is 44.3. The summed E-state index contributed by atoms with van der Waals surface area (Å²) in [5.41, 5.74) is -2.54. The smallest absolute Gasteiger partial charge is 0.423 e. The third-order valence-electron chi connectivity index (χ3n) is 2.78. The van der Waals surface area contributed by atoms with Crippen molar-refractivity contribution in [3.8, 4) is 5.75 Å². The molecule has 2 rings (SSSR count). The number of nitrogens with one attached hydrogen (secondary N) is 1. The highest BCUT2D eigenvalue weighted by Crippen LogP contribution is 2.44. The Morgan fingerprint density at radius 1 is 1.43 bits per heavy atom. The minimum Gasteiger partial charge on any atom is -0.424 e. The molecule has 1 aromatic heterocycles. The number of nitro benzene ring substituents is 1. The Bertz CT molecular complexity index is 721. The van der Waals surface area contributed by atoms with Gasteiger partial charge in [0.25, 0.3) is 5.69 Å². The number of hydrogen-bond acceptors (Lipinski definition) is 4. The molecular weight excluding hydrogens is 293 g/mol. The number of esters is 1. The molecule has 1 N–H and O–H groups in total. The van der Waals surface area contributed by atoms with Gasteiger partial charge in [0.2, 0.25) is 0 Å². The first-order chi connectivity index (χ1) is 9.75. The summed E-state index contributed by atoms with van der Waals surface area (Å²) in [7, 11) is 0. The van der Waals surface area contributed by atoms with E-state index < -0.39 is 33.7 Å². The first kappa shape index (κ1) is 14.8. The van der Waals surface area contributed by atoms with E-state index in [1.807, 2.05) is 0 Å². The molecule has 112 valence electrons. The summed E-state index contributed by atoms with van der Waals surface area (Å²) in [6, 6.07) is 1.89. The zero-order valence-corrected chi connectivity index (χ0v) is 10.7. The molecule has 0 aliphatic carbocycles. The minimum atomic E-state index is -4.96. The van der Waals surface area contributed by atoms with Crippen molar-refractivity contribution in [1.82, 2.24) is 4.98 Å². The highest BCUT2D eigenvalue weighted by Gasteiger charge is 2.41. The number of benzene rings is 1. The number of H-pyrrole nitrogens is 1. The quantitative estimate of drug-likeness (QED) is 0.535. The van der Waals surface area contributed by atoms with Crippen molar-refractivity contribution in [2.75, 3.05) is 0 Å². The zero-order valence-electron chi connectivity index (χ0n) is 10.7. The Hall–Kier alpha value is -2.58. The second kappa shape index (κ2) is 5.08. The molecule has 1 heterocycles. The standard InChI is InChI=1S/C12H9F3N2O4/c1-2-9(18)21-8-5-16-6-3-4-7(17(19)20)11(10(6)8)12(13,14)15/h3-5,16H,2H2,1H3. The normalized spacial score (nSPS) is 11.6. The van der Waals surface area contributed by atoms with Crippen LogP contribution < -0.4 is 4.74 Å². The number of halogens is 3. The maximum atomic E-state index is 13.2. The molecule has 0 saturated heterocycles. The number of carbonyl (C=O) groups excluding carboxylic acids is 1. The molecule has 21 heavy (non-hydrogen) atoms. The van der Waals surface area contributed by atoms with Crippen LogP contribution in [-0.2, 0) is 11.0 Å². The molecule has 0 spiro atoms. The van der Waals surface area contributed by atoms with Crippen LogP contribution >= 0.6 is 0 Å². The van der Waals surface area contributed by atoms with E-state index in [0.29, 0.717) is 0 Å². The van der Waals surface area contributed by atoms with E-state index in [-0.39, 0.29) is 17.7 Å². The SMILES string of the molecule is CCC(=O)Oc1c[nH]c2ccc([N+](=O)[O-])c(C(F)(F)F)c12. The van der Waals surface area contributed by atoms with E-state index in [9.17, 15) is 28.1 Å². The lowest BCUT2D eigenvalue weighted by molar-refractivity contribution is -0.387. The topological polar surface area (TPSA) is 85.2 Å². The predicted octanol–water partition coefficient (Wildman–Crippen LogP) is 3.41. The first-order valence-electron chi connectivity index (χ1n) is 5.82. The minimum absolute atomic E-state index is 0.00757. The van der Waals surface area contributed by atoms with Gasteiger partial charge in [0.05, 0.1) is 15.8 Å². The summed E-state index contributed by atoms with van der Waals surface area (Å²) >= 11 is 0. The van der Waals surface area contributed by atoms with Crippen molar-refractivity contribution in [1.29, 1.82) is 0 Å². The molecule has 0 saturated carbocycles. The van der Waals surface area contributed by atoms with Gasteiger partial charge in [-0.05, 0) is 6.07 Å². The van der Waals surface area contributed by atoms with Crippen LogP contribution in [0.1, 0.15) is 18.9 Å². The third-order valence-corrected chi connectivity index (χ3v) is 2.78. The molecule has 6 nitrogen and oxygen atoms in total. The molecule has 9 heteroatoms. The van der Waals surface area contributed by atoms with Gasteiger partial charge in [0.15, 0.2) is 5.75 Å². The number of aromatic amines is 1. The second-order valence-corrected chi connectivity index (χ2v) is 4.12. The highest BCUT2D eigenvalue weighted by atomic mass is 19.4. The Morgan fingerprint density at radius 3 is 2.62 bits per heavy atom. The molecule has 0 unspecified atom stereocenters. The van der Waals surface area contributed by atoms with E-state index >= 15 is 0 Å². The maximum Gasteiger partial charge on any atom is 0.423 e. The fourth-order valence-electron chi connectivity index (χ4n) is 1.90. The molecule has 0 aliphatic heterocycles. The van der Waals surface area contributed by atoms with Gasteiger partial charge >= 0.3 is 12.1 Å². The van der Waals surface area contributed by atoms with Crippen LogP contribution in [0, 0.1) is 10.1 Å². The summed E-state index contributed by atoms with van der Waals surface area (Å²) in [4.78, 5) is 23.4. The van der Waals surface area contributed by atoms with Crippen molar-refractivity contribution in [3.05, 3.63) is 34.0 Å². The number of nitro groups is 1. The Kier molecular flexibility index (Phi) is 3.58. The van der Waals surface area contributed by atoms with E-state index in [0.717, 1.165) is 18.3 Å². The van der Waals surface area contributed by atoms with Gasteiger partial charge < -0.3 is 9.72 Å². The van der Waals surface area contributed by atoms with Gasteiger partial charge in [-0.15, -0.1) is 0 Å². The van der Waals surface area contributed by atoms with Crippen molar-refractivity contribution in [2.24, 2.45) is 0 Å². The summed E-state index contributed by atoms with van der Waals surface area (Å²) in [6.45, 7) is 1.48. The van der Waals surface area contributed by atoms with Gasteiger partial charge in [-0.1, -0.05) is 6.92 Å². The summed E-state index contributed by atoms with van der Waals surface area (Å²) in [5.74, 6) is -1.12. The molecule has 0 fully saturated rings. The monoisotopic (exact) mass is 302 g/mol. The van der Waals surface area contributed by atoms with Crippen molar-refractivity contribution in [2.45, 2.75) is 19.5 Å². The Labute approximate surface area is 115 Å². The number of aromatic nitrogens is 1. The Balaban J connectivity index is 2.77. The molecule has 0 aliphatic rings. The fraction of sp³-hybridized carbons (Fsp3) is 0.250. The first-order valence-corrected chi connectivity index (χ1v) is 5.82. The molecule has 0 amide bonds. The van der Waals surface area contributed by atoms with E-state index in [4.69, 9.17) is 4.74 Å². The van der Waals surface area contributed by atoms with Gasteiger partial charge in [0, 0.05) is 18.7 Å². The van der Waals surface area contributed by atoms with Crippen LogP contribution in [0.25, 0.3) is 10.9 Å². The number of alkyl halides is 3. The van der Waals surface area contributed by atoms with Crippen LogP contribution in [0.2, 0.25) is 0 Å². The number of ether oxygens (including phenoxy) is 1. The lowest BCUT2D eigenvalue weighted by atomic mass is 10.1. The molecule has 1 aromatic carbocycles. The Morgan fingerprint density at radius 2 is 2.10 bits per heavy atom. The number of hydrogen-bond donors (Lipinski definition) is 1. The van der Waals surface area contributed by atoms with Crippen LogP contribution in [0.15, 0.2) is 18.3 Å². The maximum absolute atomic E-state index is 13.2.